The van der Waals surface area contributed by atoms with E-state index in [2.05, 4.69) is 9.71 Å². The Morgan fingerprint density at radius 2 is 1.63 bits per heavy atom. The molecular weight excluding hydrogens is 402 g/mol. The smallest absolute Gasteiger partial charge is 0.286 e. The van der Waals surface area contributed by atoms with Crippen molar-refractivity contribution in [3.8, 4) is 0 Å². The maximum Gasteiger partial charge on any atom is 0.286 e. The summed E-state index contributed by atoms with van der Waals surface area (Å²) in [6.45, 7) is 5.95. The van der Waals surface area contributed by atoms with Crippen molar-refractivity contribution in [2.24, 2.45) is 15.7 Å². The summed E-state index contributed by atoms with van der Waals surface area (Å²) in [6, 6.07) is 15.0. The lowest BCUT2D eigenvalue weighted by molar-refractivity contribution is -0.132. The van der Waals surface area contributed by atoms with E-state index >= 15 is 0 Å². The van der Waals surface area contributed by atoms with E-state index < -0.39 is 33.3 Å². The van der Waals surface area contributed by atoms with Crippen LogP contribution in [-0.2, 0) is 26.2 Å². The summed E-state index contributed by atoms with van der Waals surface area (Å²) in [4.78, 5) is 28.4. The van der Waals surface area contributed by atoms with Crippen molar-refractivity contribution in [1.82, 2.24) is 4.90 Å². The highest BCUT2D eigenvalue weighted by Gasteiger charge is 2.54. The van der Waals surface area contributed by atoms with Crippen LogP contribution in [0.15, 0.2) is 63.9 Å². The molecule has 2 aromatic rings. The topological polar surface area (TPSA) is 95.9 Å². The van der Waals surface area contributed by atoms with E-state index in [0.717, 1.165) is 5.56 Å². The van der Waals surface area contributed by atoms with Crippen molar-refractivity contribution in [3.05, 3.63) is 60.2 Å². The molecule has 0 aliphatic carbocycles. The number of benzene rings is 2. The van der Waals surface area contributed by atoms with Gasteiger partial charge in [-0.15, -0.1) is 4.40 Å². The van der Waals surface area contributed by atoms with Gasteiger partial charge < -0.3 is 10.2 Å². The molecule has 1 N–H and O–H groups in total. The van der Waals surface area contributed by atoms with Crippen LogP contribution in [0, 0.1) is 11.3 Å². The molecule has 1 unspecified atom stereocenters. The standard InChI is InChI=1S/C22H23N3O4S/c1-22(2,3)19-18(26)17(21(27)25(19)13-14-9-5-4-6-10-14)20-23-15-11-7-8-12-16(15)30(28,29)24-20/h4-12,17,19H,13H2,1-3H3,(H,23,24)/t17?,19-/m1/s1. The molecule has 1 fully saturated rings. The molecule has 2 aromatic carbocycles. The normalized spacial score (nSPS) is 23.0. The van der Waals surface area contributed by atoms with Gasteiger partial charge >= 0.3 is 0 Å². The minimum atomic E-state index is -4.00. The van der Waals surface area contributed by atoms with E-state index in [9.17, 15) is 18.0 Å². The SMILES string of the molecule is CC(C)(C)[C@H]1C(=O)C(C2=NS(=O)(=O)c3ccccc3N2)C(=O)N1Cc1ccccc1. The van der Waals surface area contributed by atoms with Gasteiger partial charge in [0, 0.05) is 6.54 Å². The Morgan fingerprint density at radius 1 is 1.00 bits per heavy atom. The summed E-state index contributed by atoms with van der Waals surface area (Å²) >= 11 is 0. The Bertz CT molecular complexity index is 1150. The molecule has 156 valence electrons. The monoisotopic (exact) mass is 425 g/mol. The number of hydrogen-bond acceptors (Lipinski definition) is 5. The molecule has 0 aromatic heterocycles. The number of nitrogens with one attached hydrogen (secondary N) is 1. The van der Waals surface area contributed by atoms with Gasteiger partial charge in [-0.25, -0.2) is 0 Å². The molecule has 30 heavy (non-hydrogen) atoms. The highest BCUT2D eigenvalue weighted by atomic mass is 32.2. The Kier molecular flexibility index (Phi) is 4.77. The number of amides is 1. The van der Waals surface area contributed by atoms with Crippen LogP contribution in [0.1, 0.15) is 26.3 Å². The van der Waals surface area contributed by atoms with Crippen molar-refractivity contribution < 1.29 is 18.0 Å². The average molecular weight is 426 g/mol. The lowest BCUT2D eigenvalue weighted by atomic mass is 9.82. The zero-order valence-corrected chi connectivity index (χ0v) is 17.8. The van der Waals surface area contributed by atoms with Crippen molar-refractivity contribution in [2.75, 3.05) is 5.32 Å². The Hall–Kier alpha value is -3.00. The molecule has 2 aliphatic rings. The second-order valence-electron chi connectivity index (χ2n) is 8.63. The number of hydrogen-bond donors (Lipinski definition) is 1. The van der Waals surface area contributed by atoms with E-state index in [0.29, 0.717) is 5.69 Å². The highest BCUT2D eigenvalue weighted by Crippen LogP contribution is 2.37. The number of ketones is 1. The molecule has 0 spiro atoms. The van der Waals surface area contributed by atoms with Gasteiger partial charge in [0.15, 0.2) is 11.7 Å². The lowest BCUT2D eigenvalue weighted by Gasteiger charge is -2.33. The maximum absolute atomic E-state index is 13.4. The van der Waals surface area contributed by atoms with Gasteiger partial charge in [0.1, 0.15) is 10.7 Å². The molecule has 0 bridgehead atoms. The van der Waals surface area contributed by atoms with Crippen molar-refractivity contribution >= 4 is 33.2 Å². The number of amidine groups is 1. The molecular formula is C22H23N3O4S. The second-order valence-corrected chi connectivity index (χ2v) is 10.2. The third-order valence-electron chi connectivity index (χ3n) is 5.33. The van der Waals surface area contributed by atoms with Crippen LogP contribution in [0.25, 0.3) is 0 Å². The van der Waals surface area contributed by atoms with Crippen LogP contribution >= 0.6 is 0 Å². The summed E-state index contributed by atoms with van der Waals surface area (Å²) in [5.74, 6) is -2.19. The minimum absolute atomic E-state index is 0.0279. The number of fused-ring (bicyclic) bond motifs is 1. The van der Waals surface area contributed by atoms with Gasteiger partial charge in [-0.2, -0.15) is 8.42 Å². The number of sulfonamides is 1. The van der Waals surface area contributed by atoms with Crippen molar-refractivity contribution in [2.45, 2.75) is 38.3 Å². The molecule has 4 rings (SSSR count). The Morgan fingerprint density at radius 3 is 2.30 bits per heavy atom. The van der Waals surface area contributed by atoms with Gasteiger partial charge in [0.2, 0.25) is 5.91 Å². The van der Waals surface area contributed by atoms with Gasteiger partial charge in [-0.1, -0.05) is 63.2 Å². The first-order valence-electron chi connectivity index (χ1n) is 9.68. The first-order chi connectivity index (χ1) is 14.1. The molecule has 2 heterocycles. The summed E-state index contributed by atoms with van der Waals surface area (Å²) < 4.78 is 29.1. The Labute approximate surface area is 175 Å². The number of anilines is 1. The number of rotatable bonds is 3. The molecule has 0 radical (unpaired) electrons. The van der Waals surface area contributed by atoms with Gasteiger partial charge in [0.05, 0.1) is 11.7 Å². The Balaban J connectivity index is 1.75. The van der Waals surface area contributed by atoms with E-state index in [1.54, 1.807) is 23.1 Å². The first kappa shape index (κ1) is 20.3. The van der Waals surface area contributed by atoms with Crippen LogP contribution in [-0.4, -0.2) is 36.9 Å². The summed E-state index contributed by atoms with van der Waals surface area (Å²) in [5.41, 5.74) is 0.685. The quantitative estimate of drug-likeness (QED) is 0.763. The number of carbonyl (C=O) groups is 2. The van der Waals surface area contributed by atoms with Crippen LogP contribution in [0.3, 0.4) is 0 Å². The molecule has 0 saturated carbocycles. The predicted molar refractivity (Wildman–Crippen MR) is 113 cm³/mol. The number of carbonyl (C=O) groups excluding carboxylic acids is 2. The fourth-order valence-electron chi connectivity index (χ4n) is 4.08. The largest absolute Gasteiger partial charge is 0.341 e. The fraction of sp³-hybridized carbons (Fsp3) is 0.318. The first-order valence-corrected chi connectivity index (χ1v) is 11.1. The van der Waals surface area contributed by atoms with Gasteiger partial charge in [-0.3, -0.25) is 9.59 Å². The van der Waals surface area contributed by atoms with Crippen LogP contribution in [0.5, 0.6) is 0 Å². The third kappa shape index (κ3) is 3.41. The third-order valence-corrected chi connectivity index (χ3v) is 6.68. The van der Waals surface area contributed by atoms with Crippen molar-refractivity contribution in [1.29, 1.82) is 0 Å². The minimum Gasteiger partial charge on any atom is -0.341 e. The van der Waals surface area contributed by atoms with Gasteiger partial charge in [0.25, 0.3) is 10.0 Å². The van der Waals surface area contributed by atoms with Crippen LogP contribution in [0.4, 0.5) is 5.69 Å². The molecule has 1 saturated heterocycles. The predicted octanol–water partition coefficient (Wildman–Crippen LogP) is 2.84. The van der Waals surface area contributed by atoms with E-state index in [1.165, 1.54) is 6.07 Å². The van der Waals surface area contributed by atoms with E-state index in [-0.39, 0.29) is 23.1 Å². The number of Topliss-reactive ketones (excluding diaryl/α,β-unsaturated/α-hetero) is 1. The summed E-state index contributed by atoms with van der Waals surface area (Å²) in [5, 5.41) is 2.91. The van der Waals surface area contributed by atoms with E-state index in [4.69, 9.17) is 0 Å². The number of para-hydroxylation sites is 1. The van der Waals surface area contributed by atoms with E-state index in [1.807, 2.05) is 51.1 Å². The molecule has 1 amide bonds. The maximum atomic E-state index is 13.4. The molecule has 2 aliphatic heterocycles. The fourth-order valence-corrected chi connectivity index (χ4v) is 5.24. The van der Waals surface area contributed by atoms with Gasteiger partial charge in [-0.05, 0) is 23.1 Å². The summed E-state index contributed by atoms with van der Waals surface area (Å²) in [6.07, 6.45) is 0. The number of nitrogens with zero attached hydrogens (tertiary/aromatic N) is 2. The lowest BCUT2D eigenvalue weighted by Crippen LogP contribution is -2.44. The molecule has 8 heteroatoms. The zero-order valence-electron chi connectivity index (χ0n) is 17.0. The highest BCUT2D eigenvalue weighted by molar-refractivity contribution is 7.90. The number of likely N-dealkylation sites (tertiary alicyclic amines) is 1. The summed E-state index contributed by atoms with van der Waals surface area (Å²) in [7, 11) is -4.00. The molecule has 2 atom stereocenters. The van der Waals surface area contributed by atoms with Crippen LogP contribution in [0.2, 0.25) is 0 Å². The van der Waals surface area contributed by atoms with Crippen LogP contribution < -0.4 is 5.32 Å². The second kappa shape index (κ2) is 7.05. The zero-order chi connectivity index (χ0) is 21.7. The average Bonchev–Trinajstić information content (AvgIpc) is 2.92. The molecule has 7 nitrogen and oxygen atoms in total. The van der Waals surface area contributed by atoms with Crippen molar-refractivity contribution in [3.63, 3.8) is 0 Å².